The van der Waals surface area contributed by atoms with Crippen molar-refractivity contribution in [2.24, 2.45) is 39.9 Å². The topological polar surface area (TPSA) is 252 Å². The smallest absolute Gasteiger partial charge is 0.331 e. The number of aliphatic hydroxyl groups excluding tert-OH is 1. The zero-order valence-electron chi connectivity index (χ0n) is 43.1. The second-order valence-corrected chi connectivity index (χ2v) is 21.3. The summed E-state index contributed by atoms with van der Waals surface area (Å²) in [5, 5.41) is 23.1. The number of carboxylic acid groups (broad SMARTS) is 1. The predicted octanol–water partition coefficient (Wildman–Crippen LogP) is 5.96. The average molecular weight is 1000 g/mol. The molecule has 1 saturated heterocycles. The van der Waals surface area contributed by atoms with E-state index in [9.17, 15) is 43.8 Å². The molecule has 0 bridgehead atoms. The lowest BCUT2D eigenvalue weighted by molar-refractivity contribution is -0.339. The van der Waals surface area contributed by atoms with Gasteiger partial charge in [0.2, 0.25) is 6.29 Å². The van der Waals surface area contributed by atoms with Gasteiger partial charge in [-0.15, -0.1) is 0 Å². The van der Waals surface area contributed by atoms with Crippen molar-refractivity contribution < 1.29 is 91.1 Å². The van der Waals surface area contributed by atoms with Gasteiger partial charge < -0.3 is 57.6 Å². The molecule has 19 nitrogen and oxygen atoms in total. The van der Waals surface area contributed by atoms with Gasteiger partial charge in [-0.05, 0) is 123 Å². The zero-order chi connectivity index (χ0) is 52.5. The number of rotatable bonds is 15. The number of fused-ring (bicyclic) bond motifs is 5. The van der Waals surface area contributed by atoms with E-state index in [-0.39, 0.29) is 47.2 Å². The number of carbonyl (C=O) groups excluding carboxylic acids is 6. The Morgan fingerprint density at radius 1 is 0.718 bits per heavy atom. The molecule has 0 aromatic rings. The van der Waals surface area contributed by atoms with Crippen LogP contribution in [0.2, 0.25) is 0 Å². The first-order chi connectivity index (χ1) is 33.2. The Kier molecular flexibility index (Phi) is 17.4. The highest BCUT2D eigenvalue weighted by Crippen LogP contribution is 2.74. The Hall–Kier alpha value is -4.69. The van der Waals surface area contributed by atoms with E-state index in [1.807, 2.05) is 19.9 Å². The largest absolute Gasteiger partial charge is 0.478 e. The number of aliphatic hydroxyl groups is 1. The third-order valence-electron chi connectivity index (χ3n) is 16.4. The van der Waals surface area contributed by atoms with Gasteiger partial charge in [0.25, 0.3) is 0 Å². The maximum Gasteiger partial charge on any atom is 0.331 e. The van der Waals surface area contributed by atoms with Crippen LogP contribution < -0.4 is 0 Å². The fourth-order valence-electron chi connectivity index (χ4n) is 13.6. The Labute approximate surface area is 415 Å². The van der Waals surface area contributed by atoms with Crippen LogP contribution in [0.15, 0.2) is 34.9 Å². The highest BCUT2D eigenvalue weighted by molar-refractivity contribution is 5.88. The number of allylic oxidation sites excluding steroid dienone is 2. The minimum atomic E-state index is -1.59. The van der Waals surface area contributed by atoms with E-state index >= 15 is 0 Å². The van der Waals surface area contributed by atoms with E-state index in [0.717, 1.165) is 46.1 Å². The summed E-state index contributed by atoms with van der Waals surface area (Å²) in [7, 11) is 0. The molecule has 18 atom stereocenters. The molecule has 2 heterocycles. The molecule has 0 amide bonds. The summed E-state index contributed by atoms with van der Waals surface area (Å²) in [5.41, 5.74) is 0.679. The summed E-state index contributed by atoms with van der Waals surface area (Å²) in [6, 6.07) is 0. The Balaban J connectivity index is 1.23. The van der Waals surface area contributed by atoms with Crippen molar-refractivity contribution in [3.8, 4) is 0 Å². The number of ether oxygens (including phenoxy) is 10. The number of esters is 6. The van der Waals surface area contributed by atoms with Crippen LogP contribution >= 0.6 is 0 Å². The average Bonchev–Trinajstić information content (AvgIpc) is 3.52. The van der Waals surface area contributed by atoms with Crippen LogP contribution in [0.1, 0.15) is 134 Å². The summed E-state index contributed by atoms with van der Waals surface area (Å²) in [4.78, 5) is 87.1. The van der Waals surface area contributed by atoms with Crippen molar-refractivity contribution in [1.29, 1.82) is 0 Å². The van der Waals surface area contributed by atoms with E-state index < -0.39 is 121 Å². The van der Waals surface area contributed by atoms with Gasteiger partial charge in [-0.25, -0.2) is 4.79 Å². The van der Waals surface area contributed by atoms with Crippen LogP contribution in [-0.4, -0.2) is 126 Å². The third kappa shape index (κ3) is 11.7. The fourth-order valence-corrected chi connectivity index (χ4v) is 13.6. The monoisotopic (exact) mass is 1000 g/mol. The summed E-state index contributed by atoms with van der Waals surface area (Å²) < 4.78 is 58.7. The summed E-state index contributed by atoms with van der Waals surface area (Å²) in [6.45, 7) is 19.3. The predicted molar refractivity (Wildman–Crippen MR) is 248 cm³/mol. The highest BCUT2D eigenvalue weighted by atomic mass is 16.8. The number of carbonyl (C=O) groups is 7. The van der Waals surface area contributed by atoms with Gasteiger partial charge in [-0.1, -0.05) is 39.3 Å². The molecule has 6 rings (SSSR count). The van der Waals surface area contributed by atoms with Crippen molar-refractivity contribution in [1.82, 2.24) is 0 Å². The van der Waals surface area contributed by atoms with Gasteiger partial charge in [0, 0.05) is 47.1 Å². The second kappa shape index (κ2) is 22.2. The molecule has 2 unspecified atom stereocenters. The van der Waals surface area contributed by atoms with Crippen LogP contribution in [0.4, 0.5) is 0 Å². The zero-order valence-corrected chi connectivity index (χ0v) is 43.1. The molecule has 2 N–H and O–H groups in total. The first-order valence-corrected chi connectivity index (χ1v) is 24.8. The van der Waals surface area contributed by atoms with Crippen LogP contribution in [-0.2, 0) is 80.9 Å². The standard InChI is InChI=1S/C52H74O19/c1-25(2)14-13-15-33(47(60)61)42-35-22-36(59)46-50(10)20-19-37(26(3)34(50)18-21-51(46,11)52(35,12)23-39(42)63-28(5)54)68-41-17-16-38(48(71-41)67-32(9)58)69-49-45(66-31(8)57)44(65-30(7)56)43(64-29(6)55)40(70-49)24-62-27(4)53/h14,16-17,26,34-41,43-46,48-49,59H,13,15,18-24H2,1-12H3,(H,60,61)/b42-33-/t26-,34?,35-,36+,37+,38-,39-,40+,41-,43+,44-,45+,46?,48-,49+,50-,51-,52-/m0/s1. The Morgan fingerprint density at radius 2 is 1.34 bits per heavy atom. The van der Waals surface area contributed by atoms with Crippen molar-refractivity contribution in [3.63, 3.8) is 0 Å². The van der Waals surface area contributed by atoms with Gasteiger partial charge in [-0.3, -0.25) is 28.8 Å². The molecule has 4 saturated carbocycles. The fraction of sp³-hybridized carbons (Fsp3) is 0.750. The quantitative estimate of drug-likeness (QED) is 0.0831. The van der Waals surface area contributed by atoms with Gasteiger partial charge >= 0.3 is 41.8 Å². The van der Waals surface area contributed by atoms with Crippen LogP contribution in [0.3, 0.4) is 0 Å². The third-order valence-corrected chi connectivity index (χ3v) is 16.4. The normalized spacial score (nSPS) is 40.0. The van der Waals surface area contributed by atoms with E-state index in [1.54, 1.807) is 12.2 Å². The molecule has 0 radical (unpaired) electrons. The lowest BCUT2D eigenvalue weighted by atomic mass is 9.36. The molecule has 2 aliphatic heterocycles. The first-order valence-electron chi connectivity index (χ1n) is 24.8. The lowest BCUT2D eigenvalue weighted by Gasteiger charge is -2.69. The Bertz CT molecular complexity index is 2140. The van der Waals surface area contributed by atoms with Crippen molar-refractivity contribution in [2.45, 2.75) is 202 Å². The summed E-state index contributed by atoms with van der Waals surface area (Å²) in [6.07, 6.45) is -3.22. The van der Waals surface area contributed by atoms with Gasteiger partial charge in [0.15, 0.2) is 30.9 Å². The molecule has 4 aliphatic carbocycles. The molecule has 0 aromatic carbocycles. The minimum absolute atomic E-state index is 0.0339. The van der Waals surface area contributed by atoms with Gasteiger partial charge in [0.1, 0.15) is 24.9 Å². The molecule has 0 spiro atoms. The van der Waals surface area contributed by atoms with Crippen LogP contribution in [0.5, 0.6) is 0 Å². The Morgan fingerprint density at radius 3 is 1.93 bits per heavy atom. The van der Waals surface area contributed by atoms with E-state index in [4.69, 9.17) is 47.4 Å². The molecule has 71 heavy (non-hydrogen) atoms. The molecule has 19 heteroatoms. The molecule has 0 aromatic heterocycles. The maximum absolute atomic E-state index is 13.0. The second-order valence-electron chi connectivity index (χ2n) is 21.3. The van der Waals surface area contributed by atoms with Crippen LogP contribution in [0.25, 0.3) is 0 Å². The van der Waals surface area contributed by atoms with Gasteiger partial charge in [0.05, 0.1) is 12.2 Å². The maximum atomic E-state index is 13.0. The van der Waals surface area contributed by atoms with E-state index in [1.165, 1.54) is 13.8 Å². The number of hydrogen-bond acceptors (Lipinski definition) is 18. The SMILES string of the molecule is CC(=O)OC[C@H]1O[C@@H](O[C@H]2C=C[C@@H](O[C@@H]3CC[C@@]4(C)C(CC[C@@]5(C)C4[C@H](O)C[C@H]4/C(=C(\CCC=C(C)C)C(=O)O)[C@@H](OC(C)=O)C[C@@]45C)[C@@H]3C)O[C@@H]2OC(C)=O)[C@H](OC(C)=O)[C@@H](OC(C)=O)[C@@H]1OC(C)=O. The first kappa shape index (κ1) is 55.6. The van der Waals surface area contributed by atoms with Crippen LogP contribution in [0, 0.1) is 39.9 Å². The van der Waals surface area contributed by atoms with Crippen molar-refractivity contribution >= 4 is 41.8 Å². The lowest BCUT2D eigenvalue weighted by Crippen LogP contribution is -2.65. The van der Waals surface area contributed by atoms with Crippen molar-refractivity contribution in [2.75, 3.05) is 6.61 Å². The number of aliphatic carboxylic acids is 1. The van der Waals surface area contributed by atoms with E-state index in [0.29, 0.717) is 37.7 Å². The number of hydrogen-bond donors (Lipinski definition) is 2. The van der Waals surface area contributed by atoms with Crippen molar-refractivity contribution in [3.05, 3.63) is 34.9 Å². The minimum Gasteiger partial charge on any atom is -0.478 e. The molecule has 5 fully saturated rings. The summed E-state index contributed by atoms with van der Waals surface area (Å²) >= 11 is 0. The van der Waals surface area contributed by atoms with Gasteiger partial charge in [-0.2, -0.15) is 0 Å². The highest BCUT2D eigenvalue weighted by Gasteiger charge is 2.71. The molecule has 6 aliphatic rings. The van der Waals surface area contributed by atoms with E-state index in [2.05, 4.69) is 27.7 Å². The molecule has 396 valence electrons. The molecular weight excluding hydrogens is 929 g/mol. The summed E-state index contributed by atoms with van der Waals surface area (Å²) in [5.74, 6) is -5.76. The molecular formula is C52H74O19. The number of carboxylic acids is 1.